The van der Waals surface area contributed by atoms with Crippen molar-refractivity contribution >= 4 is 35.5 Å². The zero-order valence-corrected chi connectivity index (χ0v) is 18.2. The van der Waals surface area contributed by atoms with Gasteiger partial charge in [-0.2, -0.15) is 10.2 Å². The van der Waals surface area contributed by atoms with Crippen LogP contribution in [0.5, 0.6) is 5.75 Å². The number of nitriles is 1. The lowest BCUT2D eigenvalue weighted by molar-refractivity contribution is 0.0745. The number of benzene rings is 2. The van der Waals surface area contributed by atoms with Gasteiger partial charge in [0.2, 0.25) is 17.5 Å². The van der Waals surface area contributed by atoms with Gasteiger partial charge in [-0.1, -0.05) is 23.7 Å². The maximum atomic E-state index is 12.7. The molecule has 0 saturated carbocycles. The first-order valence-corrected chi connectivity index (χ1v) is 10.5. The topological polar surface area (TPSA) is 82.6 Å². The second kappa shape index (κ2) is 9.58. The highest BCUT2D eigenvalue weighted by Gasteiger charge is 2.26. The van der Waals surface area contributed by atoms with Crippen molar-refractivity contribution in [3.8, 4) is 11.8 Å². The zero-order valence-electron chi connectivity index (χ0n) is 17.5. The van der Waals surface area contributed by atoms with Crippen LogP contribution in [0.4, 0.5) is 5.88 Å². The molecule has 1 aliphatic heterocycles. The van der Waals surface area contributed by atoms with Crippen LogP contribution in [0.3, 0.4) is 0 Å². The van der Waals surface area contributed by atoms with Crippen molar-refractivity contribution in [1.29, 1.82) is 5.26 Å². The number of piperazine rings is 1. The van der Waals surface area contributed by atoms with E-state index in [9.17, 15) is 10.1 Å². The summed E-state index contributed by atoms with van der Waals surface area (Å²) in [6.45, 7) is 2.12. The number of methoxy groups -OCH3 is 1. The molecule has 0 atom stereocenters. The summed E-state index contributed by atoms with van der Waals surface area (Å²) >= 11 is 5.91. The predicted molar refractivity (Wildman–Crippen MR) is 123 cm³/mol. The molecule has 7 nitrogen and oxygen atoms in total. The molecule has 1 aliphatic rings. The number of amides is 1. The Hall–Kier alpha value is -3.76. The first-order valence-electron chi connectivity index (χ1n) is 10.1. The number of hydrogen-bond acceptors (Lipinski definition) is 6. The van der Waals surface area contributed by atoms with Crippen molar-refractivity contribution in [3.05, 3.63) is 76.3 Å². The normalized spacial score (nSPS) is 13.9. The van der Waals surface area contributed by atoms with Gasteiger partial charge in [0.25, 0.3) is 5.91 Å². The number of ether oxygens (including phenoxy) is 1. The van der Waals surface area contributed by atoms with Gasteiger partial charge in [-0.05, 0) is 48.0 Å². The van der Waals surface area contributed by atoms with E-state index in [2.05, 4.69) is 11.1 Å². The molecule has 1 amide bonds. The Morgan fingerprint density at radius 3 is 2.59 bits per heavy atom. The number of hydrogen-bond donors (Lipinski definition) is 0. The Morgan fingerprint density at radius 2 is 1.91 bits per heavy atom. The molecule has 32 heavy (non-hydrogen) atoms. The van der Waals surface area contributed by atoms with E-state index in [0.29, 0.717) is 48.5 Å². The van der Waals surface area contributed by atoms with E-state index in [1.165, 1.54) is 0 Å². The molecule has 1 fully saturated rings. The predicted octanol–water partition coefficient (Wildman–Crippen LogP) is 4.34. The van der Waals surface area contributed by atoms with Crippen LogP contribution in [0.25, 0.3) is 12.2 Å². The number of nitrogens with zero attached hydrogens (tertiary/aromatic N) is 4. The molecular formula is C24H21ClN4O3. The molecule has 162 valence electrons. The molecule has 2 aromatic carbocycles. The SMILES string of the molecule is COc1cccc(/C=C/c2nc(C#N)c(N3CCN(C(=O)c4ccc(Cl)cc4)CC3)o2)c1. The maximum Gasteiger partial charge on any atom is 0.253 e. The number of rotatable bonds is 5. The number of carbonyl (C=O) groups is 1. The summed E-state index contributed by atoms with van der Waals surface area (Å²) in [6, 6.07) is 16.6. The first kappa shape index (κ1) is 21.5. The summed E-state index contributed by atoms with van der Waals surface area (Å²) in [4.78, 5) is 20.7. The largest absolute Gasteiger partial charge is 0.497 e. The average molecular weight is 449 g/mol. The van der Waals surface area contributed by atoms with Gasteiger partial charge in [-0.15, -0.1) is 0 Å². The summed E-state index contributed by atoms with van der Waals surface area (Å²) < 4.78 is 11.1. The van der Waals surface area contributed by atoms with Crippen molar-refractivity contribution in [2.45, 2.75) is 0 Å². The Bertz CT molecular complexity index is 1170. The Morgan fingerprint density at radius 1 is 1.16 bits per heavy atom. The first-order chi connectivity index (χ1) is 15.6. The van der Waals surface area contributed by atoms with Crippen LogP contribution in [0, 0.1) is 11.3 Å². The number of oxazole rings is 1. The maximum absolute atomic E-state index is 12.7. The van der Waals surface area contributed by atoms with Crippen LogP contribution in [-0.4, -0.2) is 49.1 Å². The van der Waals surface area contributed by atoms with E-state index in [-0.39, 0.29) is 11.6 Å². The van der Waals surface area contributed by atoms with Crippen LogP contribution in [0.15, 0.2) is 52.9 Å². The van der Waals surface area contributed by atoms with Crippen LogP contribution >= 0.6 is 11.6 Å². The van der Waals surface area contributed by atoms with Crippen LogP contribution in [-0.2, 0) is 0 Å². The minimum atomic E-state index is -0.0405. The van der Waals surface area contributed by atoms with Gasteiger partial charge in [-0.3, -0.25) is 4.79 Å². The summed E-state index contributed by atoms with van der Waals surface area (Å²) in [5, 5.41) is 10.1. The van der Waals surface area contributed by atoms with Crippen molar-refractivity contribution in [2.75, 3.05) is 38.2 Å². The number of anilines is 1. The van der Waals surface area contributed by atoms with E-state index in [0.717, 1.165) is 11.3 Å². The Balaban J connectivity index is 1.44. The minimum absolute atomic E-state index is 0.0405. The second-order valence-electron chi connectivity index (χ2n) is 7.21. The summed E-state index contributed by atoms with van der Waals surface area (Å²) in [5.74, 6) is 1.49. The third-order valence-corrected chi connectivity index (χ3v) is 5.44. The Labute approximate surface area is 191 Å². The summed E-state index contributed by atoms with van der Waals surface area (Å²) in [7, 11) is 1.62. The highest BCUT2D eigenvalue weighted by Crippen LogP contribution is 2.25. The van der Waals surface area contributed by atoms with E-state index < -0.39 is 0 Å². The standard InChI is InChI=1S/C24H21ClN4O3/c1-31-20-4-2-3-17(15-20)5-10-22-27-21(16-26)24(32-22)29-13-11-28(12-14-29)23(30)18-6-8-19(25)9-7-18/h2-10,15H,11-14H2,1H3/b10-5+. The monoisotopic (exact) mass is 448 g/mol. The molecule has 0 bridgehead atoms. The van der Waals surface area contributed by atoms with E-state index in [4.69, 9.17) is 20.8 Å². The lowest BCUT2D eigenvalue weighted by Crippen LogP contribution is -2.48. The molecule has 1 aromatic heterocycles. The fourth-order valence-electron chi connectivity index (χ4n) is 3.49. The molecule has 3 aromatic rings. The molecule has 1 saturated heterocycles. The molecule has 4 rings (SSSR count). The molecule has 0 radical (unpaired) electrons. The van der Waals surface area contributed by atoms with Crippen molar-refractivity contribution < 1.29 is 13.9 Å². The highest BCUT2D eigenvalue weighted by atomic mass is 35.5. The van der Waals surface area contributed by atoms with Gasteiger partial charge in [0.1, 0.15) is 11.8 Å². The quantitative estimate of drug-likeness (QED) is 0.577. The van der Waals surface area contributed by atoms with Gasteiger partial charge < -0.3 is 19.0 Å². The van der Waals surface area contributed by atoms with Gasteiger partial charge in [0.05, 0.1) is 7.11 Å². The molecule has 0 unspecified atom stereocenters. The summed E-state index contributed by atoms with van der Waals surface area (Å²) in [5.41, 5.74) is 1.76. The van der Waals surface area contributed by atoms with Crippen LogP contribution < -0.4 is 9.64 Å². The van der Waals surface area contributed by atoms with Gasteiger partial charge in [0, 0.05) is 42.8 Å². The fourth-order valence-corrected chi connectivity index (χ4v) is 3.61. The smallest absolute Gasteiger partial charge is 0.253 e. The van der Waals surface area contributed by atoms with Crippen molar-refractivity contribution in [2.24, 2.45) is 0 Å². The molecule has 0 N–H and O–H groups in total. The van der Waals surface area contributed by atoms with Crippen molar-refractivity contribution in [3.63, 3.8) is 0 Å². The third-order valence-electron chi connectivity index (χ3n) is 5.19. The number of aromatic nitrogens is 1. The highest BCUT2D eigenvalue weighted by molar-refractivity contribution is 6.30. The number of halogens is 1. The second-order valence-corrected chi connectivity index (χ2v) is 7.65. The molecule has 0 spiro atoms. The summed E-state index contributed by atoms with van der Waals surface area (Å²) in [6.07, 6.45) is 3.57. The molecule has 0 aliphatic carbocycles. The van der Waals surface area contributed by atoms with Crippen LogP contribution in [0.2, 0.25) is 5.02 Å². The number of carbonyl (C=O) groups excluding carboxylic acids is 1. The lowest BCUT2D eigenvalue weighted by Gasteiger charge is -2.34. The molecule has 8 heteroatoms. The lowest BCUT2D eigenvalue weighted by atomic mass is 10.2. The zero-order chi connectivity index (χ0) is 22.5. The molecular weight excluding hydrogens is 428 g/mol. The van der Waals surface area contributed by atoms with E-state index in [1.807, 2.05) is 35.2 Å². The van der Waals surface area contributed by atoms with Crippen molar-refractivity contribution in [1.82, 2.24) is 9.88 Å². The fraction of sp³-hybridized carbons (Fsp3) is 0.208. The average Bonchev–Trinajstić information content (AvgIpc) is 3.26. The van der Waals surface area contributed by atoms with E-state index in [1.54, 1.807) is 42.4 Å². The van der Waals surface area contributed by atoms with Gasteiger partial charge in [-0.25, -0.2) is 0 Å². The Kier molecular flexibility index (Phi) is 6.43. The third kappa shape index (κ3) is 4.76. The van der Waals surface area contributed by atoms with Gasteiger partial charge >= 0.3 is 0 Å². The van der Waals surface area contributed by atoms with E-state index >= 15 is 0 Å². The minimum Gasteiger partial charge on any atom is -0.497 e. The van der Waals surface area contributed by atoms with Gasteiger partial charge in [0.15, 0.2) is 0 Å². The molecule has 2 heterocycles. The van der Waals surface area contributed by atoms with Crippen LogP contribution in [0.1, 0.15) is 27.5 Å².